The molecule has 0 radical (unpaired) electrons. The van der Waals surface area contributed by atoms with E-state index in [1.165, 1.54) is 0 Å². The Morgan fingerprint density at radius 3 is 1.96 bits per heavy atom. The van der Waals surface area contributed by atoms with Crippen LogP contribution in [-0.2, 0) is 19.1 Å². The highest BCUT2D eigenvalue weighted by atomic mass is 16.6. The predicted molar refractivity (Wildman–Crippen MR) is 103 cm³/mol. The van der Waals surface area contributed by atoms with Crippen LogP contribution in [0.25, 0.3) is 0 Å². The van der Waals surface area contributed by atoms with Gasteiger partial charge in [-0.2, -0.15) is 0 Å². The zero-order valence-electron chi connectivity index (χ0n) is 15.6. The van der Waals surface area contributed by atoms with Crippen LogP contribution in [0.3, 0.4) is 0 Å². The number of hydrogen-bond donors (Lipinski definition) is 1. The zero-order chi connectivity index (χ0) is 19.5. The summed E-state index contributed by atoms with van der Waals surface area (Å²) < 4.78 is 11.2. The van der Waals surface area contributed by atoms with Crippen molar-refractivity contribution in [1.29, 1.82) is 0 Å². The van der Waals surface area contributed by atoms with E-state index in [1.807, 2.05) is 60.7 Å². The summed E-state index contributed by atoms with van der Waals surface area (Å²) in [5.41, 5.74) is 1.72. The van der Waals surface area contributed by atoms with Crippen molar-refractivity contribution in [3.63, 3.8) is 0 Å². The molecule has 5 nitrogen and oxygen atoms in total. The van der Waals surface area contributed by atoms with Crippen LogP contribution in [-0.4, -0.2) is 36.4 Å². The van der Waals surface area contributed by atoms with E-state index in [0.29, 0.717) is 6.61 Å². The molecular formula is C23H24O5. The van der Waals surface area contributed by atoms with Crippen molar-refractivity contribution >= 4 is 11.9 Å². The van der Waals surface area contributed by atoms with Crippen molar-refractivity contribution in [2.45, 2.75) is 30.8 Å². The van der Waals surface area contributed by atoms with Crippen molar-refractivity contribution < 1.29 is 24.2 Å². The number of carboxylic acid groups (broad SMARTS) is 1. The van der Waals surface area contributed by atoms with Crippen molar-refractivity contribution in [1.82, 2.24) is 0 Å². The Morgan fingerprint density at radius 2 is 1.50 bits per heavy atom. The number of aliphatic carboxylic acids is 1. The fraction of sp³-hybridized carbons (Fsp3) is 0.391. The van der Waals surface area contributed by atoms with Gasteiger partial charge in [0.1, 0.15) is 6.61 Å². The maximum absolute atomic E-state index is 13.0. The first-order chi connectivity index (χ1) is 13.7. The highest BCUT2D eigenvalue weighted by Gasteiger charge is 2.59. The highest BCUT2D eigenvalue weighted by molar-refractivity contribution is 5.84. The molecule has 2 aromatic rings. The second kappa shape index (κ2) is 8.15. The van der Waals surface area contributed by atoms with E-state index in [0.717, 1.165) is 24.0 Å². The standard InChI is InChI=1S/C23H24O5/c24-22(25)20-18(15-8-3-1-4-9-15)21(19(20)16-10-5-2-6-11-16)23(26)28-14-17-12-7-13-27-17/h1-6,8-11,17-21H,7,12-14H2,(H,24,25)/t17-,18-,19-,20?,21?/m0/s1. The number of carbonyl (C=O) groups excluding carboxylic acids is 1. The monoisotopic (exact) mass is 380 g/mol. The van der Waals surface area contributed by atoms with Crippen LogP contribution in [0.4, 0.5) is 0 Å². The van der Waals surface area contributed by atoms with Gasteiger partial charge in [0, 0.05) is 18.4 Å². The maximum Gasteiger partial charge on any atom is 0.310 e. The summed E-state index contributed by atoms with van der Waals surface area (Å²) in [5.74, 6) is -3.21. The van der Waals surface area contributed by atoms with Gasteiger partial charge >= 0.3 is 11.9 Å². The summed E-state index contributed by atoms with van der Waals surface area (Å²) in [7, 11) is 0. The molecule has 4 rings (SSSR count). The molecule has 146 valence electrons. The minimum absolute atomic E-state index is 0.0513. The normalized spacial score (nSPS) is 29.1. The van der Waals surface area contributed by atoms with Crippen LogP contribution in [0.15, 0.2) is 60.7 Å². The van der Waals surface area contributed by atoms with E-state index in [1.54, 1.807) is 0 Å². The zero-order valence-corrected chi connectivity index (χ0v) is 15.6. The average Bonchev–Trinajstić information content (AvgIpc) is 3.21. The third-order valence-corrected chi connectivity index (χ3v) is 5.91. The Balaban J connectivity index is 1.62. The summed E-state index contributed by atoms with van der Waals surface area (Å²) in [4.78, 5) is 25.2. The van der Waals surface area contributed by atoms with Gasteiger partial charge in [-0.15, -0.1) is 0 Å². The van der Waals surface area contributed by atoms with Crippen molar-refractivity contribution in [3.05, 3.63) is 71.8 Å². The third kappa shape index (κ3) is 3.54. The molecule has 2 fully saturated rings. The lowest BCUT2D eigenvalue weighted by molar-refractivity contribution is -0.166. The second-order valence-electron chi connectivity index (χ2n) is 7.53. The third-order valence-electron chi connectivity index (χ3n) is 5.91. The van der Waals surface area contributed by atoms with Crippen LogP contribution < -0.4 is 0 Å². The molecule has 1 aliphatic carbocycles. The van der Waals surface area contributed by atoms with E-state index in [2.05, 4.69) is 0 Å². The van der Waals surface area contributed by atoms with Gasteiger partial charge in [-0.1, -0.05) is 60.7 Å². The summed E-state index contributed by atoms with van der Waals surface area (Å²) in [6, 6.07) is 18.8. The van der Waals surface area contributed by atoms with Crippen molar-refractivity contribution in [3.8, 4) is 0 Å². The molecule has 1 N–H and O–H groups in total. The summed E-state index contributed by atoms with van der Waals surface area (Å²) >= 11 is 0. The van der Waals surface area contributed by atoms with Crippen LogP contribution in [0.1, 0.15) is 35.8 Å². The van der Waals surface area contributed by atoms with E-state index >= 15 is 0 Å². The van der Waals surface area contributed by atoms with Gasteiger partial charge in [0.25, 0.3) is 0 Å². The number of ether oxygens (including phenoxy) is 2. The molecule has 2 aliphatic rings. The number of carbonyl (C=O) groups is 2. The molecule has 0 amide bonds. The number of benzene rings is 2. The lowest BCUT2D eigenvalue weighted by atomic mass is 9.52. The molecule has 2 aromatic carbocycles. The second-order valence-corrected chi connectivity index (χ2v) is 7.53. The summed E-state index contributed by atoms with van der Waals surface area (Å²) in [5, 5.41) is 9.93. The minimum Gasteiger partial charge on any atom is -0.481 e. The summed E-state index contributed by atoms with van der Waals surface area (Å²) in [6.07, 6.45) is 1.82. The van der Waals surface area contributed by atoms with Gasteiger partial charge < -0.3 is 14.6 Å². The van der Waals surface area contributed by atoms with E-state index in [4.69, 9.17) is 9.47 Å². The highest BCUT2D eigenvalue weighted by Crippen LogP contribution is 2.58. The number of esters is 1. The van der Waals surface area contributed by atoms with Gasteiger partial charge in [-0.05, 0) is 24.0 Å². The lowest BCUT2D eigenvalue weighted by Gasteiger charge is -2.49. The van der Waals surface area contributed by atoms with E-state index in [-0.39, 0.29) is 18.7 Å². The molecule has 0 spiro atoms. The molecule has 0 aromatic heterocycles. The van der Waals surface area contributed by atoms with Crippen molar-refractivity contribution in [2.24, 2.45) is 11.8 Å². The Kier molecular flexibility index (Phi) is 5.44. The fourth-order valence-electron chi connectivity index (χ4n) is 4.58. The molecule has 1 saturated heterocycles. The smallest absolute Gasteiger partial charge is 0.310 e. The maximum atomic E-state index is 13.0. The summed E-state index contributed by atoms with van der Waals surface area (Å²) in [6.45, 7) is 0.933. The van der Waals surface area contributed by atoms with Gasteiger partial charge in [-0.3, -0.25) is 9.59 Å². The Hall–Kier alpha value is -2.66. The fourth-order valence-corrected chi connectivity index (χ4v) is 4.58. The average molecular weight is 380 g/mol. The first-order valence-corrected chi connectivity index (χ1v) is 9.77. The Morgan fingerprint density at radius 1 is 0.929 bits per heavy atom. The number of hydrogen-bond acceptors (Lipinski definition) is 4. The van der Waals surface area contributed by atoms with Gasteiger partial charge in [0.05, 0.1) is 17.9 Å². The lowest BCUT2D eigenvalue weighted by Crippen LogP contribution is -2.51. The SMILES string of the molecule is O=C(O)C1[C@H](c2ccccc2)C(C(=O)OC[C@@H]2CCCO2)[C@H]1c1ccccc1. The number of rotatable bonds is 6. The van der Waals surface area contributed by atoms with Gasteiger partial charge in [-0.25, -0.2) is 0 Å². The molecule has 0 bridgehead atoms. The van der Waals surface area contributed by atoms with Crippen LogP contribution in [0.2, 0.25) is 0 Å². The quantitative estimate of drug-likeness (QED) is 0.775. The number of carboxylic acids is 1. The molecule has 5 heteroatoms. The molecule has 3 atom stereocenters. The predicted octanol–water partition coefficient (Wildman–Crippen LogP) is 3.61. The van der Waals surface area contributed by atoms with Crippen LogP contribution in [0.5, 0.6) is 0 Å². The first kappa shape index (κ1) is 18.7. The topological polar surface area (TPSA) is 72.8 Å². The molecular weight excluding hydrogens is 356 g/mol. The van der Waals surface area contributed by atoms with Crippen LogP contribution >= 0.6 is 0 Å². The van der Waals surface area contributed by atoms with Crippen LogP contribution in [0, 0.1) is 11.8 Å². The largest absolute Gasteiger partial charge is 0.481 e. The Bertz CT molecular complexity index is 766. The molecule has 1 saturated carbocycles. The van der Waals surface area contributed by atoms with E-state index < -0.39 is 29.6 Å². The minimum atomic E-state index is -0.883. The molecule has 1 aliphatic heterocycles. The first-order valence-electron chi connectivity index (χ1n) is 9.77. The van der Waals surface area contributed by atoms with E-state index in [9.17, 15) is 14.7 Å². The van der Waals surface area contributed by atoms with Gasteiger partial charge in [0.15, 0.2) is 0 Å². The van der Waals surface area contributed by atoms with Crippen molar-refractivity contribution in [2.75, 3.05) is 13.2 Å². The van der Waals surface area contributed by atoms with Gasteiger partial charge in [0.2, 0.25) is 0 Å². The molecule has 28 heavy (non-hydrogen) atoms. The molecule has 0 unspecified atom stereocenters. The Labute approximate surface area is 164 Å². The molecule has 1 heterocycles.